The highest BCUT2D eigenvalue weighted by atomic mass is 79.9. The fourth-order valence-electron chi connectivity index (χ4n) is 1.19. The zero-order chi connectivity index (χ0) is 12.8. The fourth-order valence-corrected chi connectivity index (χ4v) is 1.54. The van der Waals surface area contributed by atoms with Crippen molar-refractivity contribution in [1.82, 2.24) is 0 Å². The molecule has 0 unspecified atom stereocenters. The first-order valence-electron chi connectivity index (χ1n) is 5.19. The summed E-state index contributed by atoms with van der Waals surface area (Å²) < 4.78 is 11.2. The zero-order valence-corrected chi connectivity index (χ0v) is 11.3. The molecule has 1 aromatic rings. The molecule has 0 bridgehead atoms. The number of rotatable bonds is 6. The van der Waals surface area contributed by atoms with Crippen LogP contribution in [0.3, 0.4) is 0 Å². The number of hydrogen-bond acceptors (Lipinski definition) is 4. The summed E-state index contributed by atoms with van der Waals surface area (Å²) in [6.07, 6.45) is 0.124. The average molecular weight is 304 g/mol. The molecule has 0 aliphatic carbocycles. The number of hydrogen-bond donors (Lipinski definition) is 0. The molecule has 0 amide bonds. The van der Waals surface area contributed by atoms with E-state index in [-0.39, 0.29) is 17.5 Å². The first-order chi connectivity index (χ1) is 8.00. The van der Waals surface area contributed by atoms with Crippen molar-refractivity contribution in [1.29, 1.82) is 0 Å². The molecule has 0 spiro atoms. The Kier molecular flexibility index (Phi) is 5.37. The zero-order valence-electron chi connectivity index (χ0n) is 9.68. The summed E-state index contributed by atoms with van der Waals surface area (Å²) in [4.78, 5) is 10.3. The molecular formula is C11H14BrNO4. The summed E-state index contributed by atoms with van der Waals surface area (Å²) in [5.41, 5.74) is -0.0519. The van der Waals surface area contributed by atoms with Gasteiger partial charge in [0.25, 0.3) is 0 Å². The van der Waals surface area contributed by atoms with E-state index in [4.69, 9.17) is 9.47 Å². The van der Waals surface area contributed by atoms with Crippen molar-refractivity contribution in [3.63, 3.8) is 0 Å². The van der Waals surface area contributed by atoms with Crippen LogP contribution in [0, 0.1) is 10.1 Å². The maximum atomic E-state index is 10.8. The van der Waals surface area contributed by atoms with Crippen LogP contribution in [0.25, 0.3) is 0 Å². The number of ether oxygens (including phenoxy) is 2. The Morgan fingerprint density at radius 1 is 1.41 bits per heavy atom. The van der Waals surface area contributed by atoms with Crippen LogP contribution in [-0.4, -0.2) is 24.2 Å². The van der Waals surface area contributed by atoms with Gasteiger partial charge < -0.3 is 9.47 Å². The van der Waals surface area contributed by atoms with E-state index in [0.29, 0.717) is 17.7 Å². The fraction of sp³-hybridized carbons (Fsp3) is 0.455. The van der Waals surface area contributed by atoms with Gasteiger partial charge >= 0.3 is 5.69 Å². The lowest BCUT2D eigenvalue weighted by Crippen LogP contribution is -2.11. The van der Waals surface area contributed by atoms with E-state index in [1.54, 1.807) is 12.1 Å². The first kappa shape index (κ1) is 13.9. The van der Waals surface area contributed by atoms with E-state index in [9.17, 15) is 10.1 Å². The third-order valence-electron chi connectivity index (χ3n) is 1.91. The maximum absolute atomic E-state index is 10.8. The molecule has 0 fully saturated rings. The Balaban J connectivity index is 2.61. The molecule has 1 rings (SSSR count). The van der Waals surface area contributed by atoms with E-state index < -0.39 is 4.92 Å². The largest absolute Gasteiger partial charge is 0.484 e. The molecule has 6 heteroatoms. The van der Waals surface area contributed by atoms with Gasteiger partial charge in [0.15, 0.2) is 5.75 Å². The van der Waals surface area contributed by atoms with Gasteiger partial charge in [0, 0.05) is 10.5 Å². The quantitative estimate of drug-likeness (QED) is 0.460. The van der Waals surface area contributed by atoms with Crippen molar-refractivity contribution in [3.05, 3.63) is 32.8 Å². The van der Waals surface area contributed by atoms with Crippen LogP contribution in [0.15, 0.2) is 22.7 Å². The van der Waals surface area contributed by atoms with Crippen LogP contribution in [0.4, 0.5) is 5.69 Å². The molecule has 1 aromatic carbocycles. The topological polar surface area (TPSA) is 61.6 Å². The van der Waals surface area contributed by atoms with Gasteiger partial charge in [-0.25, -0.2) is 0 Å². The van der Waals surface area contributed by atoms with E-state index in [1.807, 2.05) is 13.8 Å². The van der Waals surface area contributed by atoms with Crippen molar-refractivity contribution in [2.24, 2.45) is 0 Å². The second kappa shape index (κ2) is 6.56. The lowest BCUT2D eigenvalue weighted by Gasteiger charge is -2.09. The Morgan fingerprint density at radius 2 is 2.12 bits per heavy atom. The molecule has 0 aliphatic rings. The lowest BCUT2D eigenvalue weighted by molar-refractivity contribution is -0.386. The molecule has 0 saturated heterocycles. The molecule has 0 saturated carbocycles. The third-order valence-corrected chi connectivity index (χ3v) is 2.40. The van der Waals surface area contributed by atoms with E-state index in [0.717, 1.165) is 0 Å². The van der Waals surface area contributed by atoms with Crippen LogP contribution >= 0.6 is 15.9 Å². The number of nitro benzene ring substituents is 1. The SMILES string of the molecule is CC(C)OCCOc1ccc(Br)cc1[N+](=O)[O-]. The first-order valence-corrected chi connectivity index (χ1v) is 5.98. The van der Waals surface area contributed by atoms with Gasteiger partial charge in [0.2, 0.25) is 0 Å². The molecule has 94 valence electrons. The Bertz CT molecular complexity index is 395. The van der Waals surface area contributed by atoms with Gasteiger partial charge in [-0.1, -0.05) is 15.9 Å². The molecule has 0 atom stereocenters. The van der Waals surface area contributed by atoms with Gasteiger partial charge in [-0.3, -0.25) is 10.1 Å². The number of benzene rings is 1. The van der Waals surface area contributed by atoms with Crippen LogP contribution in [0.2, 0.25) is 0 Å². The predicted octanol–water partition coefficient (Wildman–Crippen LogP) is 3.16. The molecule has 0 aliphatic heterocycles. The molecule has 0 radical (unpaired) electrons. The van der Waals surface area contributed by atoms with Crippen molar-refractivity contribution >= 4 is 21.6 Å². The smallest absolute Gasteiger partial charge is 0.312 e. The van der Waals surface area contributed by atoms with Crippen LogP contribution in [0.5, 0.6) is 5.75 Å². The van der Waals surface area contributed by atoms with Crippen LogP contribution in [-0.2, 0) is 4.74 Å². The van der Waals surface area contributed by atoms with E-state index in [1.165, 1.54) is 6.07 Å². The third kappa shape index (κ3) is 4.70. The minimum absolute atomic E-state index is 0.0519. The molecule has 0 aromatic heterocycles. The molecule has 17 heavy (non-hydrogen) atoms. The van der Waals surface area contributed by atoms with Gasteiger partial charge in [-0.05, 0) is 26.0 Å². The number of nitro groups is 1. The number of nitrogens with zero attached hydrogens (tertiary/aromatic N) is 1. The second-order valence-corrected chi connectivity index (χ2v) is 4.55. The second-order valence-electron chi connectivity index (χ2n) is 3.64. The Morgan fingerprint density at radius 3 is 2.71 bits per heavy atom. The van der Waals surface area contributed by atoms with Crippen molar-refractivity contribution in [2.45, 2.75) is 20.0 Å². The highest BCUT2D eigenvalue weighted by Crippen LogP contribution is 2.29. The minimum atomic E-state index is -0.469. The van der Waals surface area contributed by atoms with Gasteiger partial charge in [0.05, 0.1) is 17.6 Å². The highest BCUT2D eigenvalue weighted by molar-refractivity contribution is 9.10. The monoisotopic (exact) mass is 303 g/mol. The molecule has 5 nitrogen and oxygen atoms in total. The highest BCUT2D eigenvalue weighted by Gasteiger charge is 2.15. The van der Waals surface area contributed by atoms with Gasteiger partial charge in [0.1, 0.15) is 6.61 Å². The summed E-state index contributed by atoms with van der Waals surface area (Å²) in [5.74, 6) is 0.255. The lowest BCUT2D eigenvalue weighted by atomic mass is 10.3. The summed E-state index contributed by atoms with van der Waals surface area (Å²) in [6, 6.07) is 4.68. The van der Waals surface area contributed by atoms with Crippen LogP contribution < -0.4 is 4.74 Å². The number of halogens is 1. The van der Waals surface area contributed by atoms with E-state index in [2.05, 4.69) is 15.9 Å². The standard InChI is InChI=1S/C11H14BrNO4/c1-8(2)16-5-6-17-11-4-3-9(12)7-10(11)13(14)15/h3-4,7-8H,5-6H2,1-2H3. The van der Waals surface area contributed by atoms with Crippen molar-refractivity contribution < 1.29 is 14.4 Å². The summed E-state index contributed by atoms with van der Waals surface area (Å²) in [7, 11) is 0. The summed E-state index contributed by atoms with van der Waals surface area (Å²) in [5, 5.41) is 10.8. The van der Waals surface area contributed by atoms with E-state index >= 15 is 0 Å². The molecule has 0 N–H and O–H groups in total. The molecular weight excluding hydrogens is 290 g/mol. The van der Waals surface area contributed by atoms with Crippen molar-refractivity contribution in [2.75, 3.05) is 13.2 Å². The van der Waals surface area contributed by atoms with Crippen LogP contribution in [0.1, 0.15) is 13.8 Å². The van der Waals surface area contributed by atoms with Crippen molar-refractivity contribution in [3.8, 4) is 5.75 Å². The summed E-state index contributed by atoms with van der Waals surface area (Å²) in [6.45, 7) is 4.54. The Hall–Kier alpha value is -1.14. The average Bonchev–Trinajstić information content (AvgIpc) is 2.25. The summed E-state index contributed by atoms with van der Waals surface area (Å²) >= 11 is 3.18. The Labute approximate surface area is 108 Å². The predicted molar refractivity (Wildman–Crippen MR) is 67.4 cm³/mol. The minimum Gasteiger partial charge on any atom is -0.484 e. The normalized spacial score (nSPS) is 10.6. The van der Waals surface area contributed by atoms with Gasteiger partial charge in [-0.2, -0.15) is 0 Å². The molecule has 0 heterocycles. The maximum Gasteiger partial charge on any atom is 0.312 e. The van der Waals surface area contributed by atoms with Gasteiger partial charge in [-0.15, -0.1) is 0 Å².